The predicted octanol–water partition coefficient (Wildman–Crippen LogP) is 1.71. The van der Waals surface area contributed by atoms with E-state index in [2.05, 4.69) is 17.2 Å². The minimum Gasteiger partial charge on any atom is -0.373 e. The molecule has 0 radical (unpaired) electrons. The van der Waals surface area contributed by atoms with Gasteiger partial charge in [-0.15, -0.1) is 6.58 Å². The van der Waals surface area contributed by atoms with E-state index in [0.29, 0.717) is 0 Å². The second-order valence-electron chi connectivity index (χ2n) is 4.09. The summed E-state index contributed by atoms with van der Waals surface area (Å²) in [6.07, 6.45) is 2.48. The zero-order valence-corrected chi connectivity index (χ0v) is 9.36. The number of carbonyl (C=O) groups is 1. The van der Waals surface area contributed by atoms with Crippen molar-refractivity contribution >= 4 is 11.6 Å². The fourth-order valence-corrected chi connectivity index (χ4v) is 1.84. The maximum Gasteiger partial charge on any atom is 0.243 e. The average Bonchev–Trinajstić information content (AvgIpc) is 2.72. The van der Waals surface area contributed by atoms with Crippen molar-refractivity contribution in [1.29, 1.82) is 0 Å². The molecule has 0 aromatic heterocycles. The lowest BCUT2D eigenvalue weighted by molar-refractivity contribution is -0.122. The first-order valence-electron chi connectivity index (χ1n) is 5.48. The normalized spacial score (nSPS) is 19.4. The van der Waals surface area contributed by atoms with E-state index in [1.165, 1.54) is 5.56 Å². The van der Waals surface area contributed by atoms with E-state index in [1.54, 1.807) is 6.08 Å². The molecule has 2 rings (SSSR count). The highest BCUT2D eigenvalue weighted by molar-refractivity contribution is 5.87. The van der Waals surface area contributed by atoms with Gasteiger partial charge in [-0.3, -0.25) is 4.79 Å². The smallest absolute Gasteiger partial charge is 0.243 e. The van der Waals surface area contributed by atoms with Gasteiger partial charge in [-0.25, -0.2) is 0 Å². The molecule has 1 aliphatic rings. The van der Waals surface area contributed by atoms with E-state index in [1.807, 2.05) is 31.2 Å². The molecule has 0 saturated carbocycles. The molecule has 0 saturated heterocycles. The van der Waals surface area contributed by atoms with Gasteiger partial charge < -0.3 is 10.6 Å². The Kier molecular flexibility index (Phi) is 2.95. The Bertz CT molecular complexity index is 389. The third-order valence-corrected chi connectivity index (χ3v) is 2.81. The summed E-state index contributed by atoms with van der Waals surface area (Å²) in [6, 6.07) is 7.87. The quantitative estimate of drug-likeness (QED) is 0.755. The largest absolute Gasteiger partial charge is 0.373 e. The lowest BCUT2D eigenvalue weighted by atomic mass is 10.1. The highest BCUT2D eigenvalue weighted by Gasteiger charge is 2.26. The van der Waals surface area contributed by atoms with E-state index >= 15 is 0 Å². The zero-order valence-electron chi connectivity index (χ0n) is 9.36. The van der Waals surface area contributed by atoms with Crippen LogP contribution >= 0.6 is 0 Å². The van der Waals surface area contributed by atoms with Crippen LogP contribution in [0.5, 0.6) is 0 Å². The second-order valence-corrected chi connectivity index (χ2v) is 4.09. The average molecular weight is 216 g/mol. The van der Waals surface area contributed by atoms with E-state index in [4.69, 9.17) is 0 Å². The monoisotopic (exact) mass is 216 g/mol. The molecule has 0 spiro atoms. The second kappa shape index (κ2) is 4.39. The van der Waals surface area contributed by atoms with Gasteiger partial charge in [0, 0.05) is 18.2 Å². The zero-order chi connectivity index (χ0) is 11.5. The van der Waals surface area contributed by atoms with Crippen LogP contribution in [-0.4, -0.2) is 18.0 Å². The Labute approximate surface area is 95.6 Å². The minimum atomic E-state index is -0.153. The number of anilines is 1. The predicted molar refractivity (Wildman–Crippen MR) is 65.4 cm³/mol. The van der Waals surface area contributed by atoms with E-state index in [-0.39, 0.29) is 18.0 Å². The number of fused-ring (bicyclic) bond motifs is 1. The number of hydrogen-bond acceptors (Lipinski definition) is 2. The van der Waals surface area contributed by atoms with Crippen molar-refractivity contribution in [1.82, 2.24) is 5.32 Å². The Hall–Kier alpha value is -1.77. The molecular formula is C13H16N2O. The van der Waals surface area contributed by atoms with Crippen LogP contribution in [-0.2, 0) is 11.2 Å². The number of amides is 1. The lowest BCUT2D eigenvalue weighted by Crippen LogP contribution is -2.42. The van der Waals surface area contributed by atoms with Gasteiger partial charge in [-0.1, -0.05) is 24.3 Å². The van der Waals surface area contributed by atoms with Crippen LogP contribution in [0.4, 0.5) is 5.69 Å². The van der Waals surface area contributed by atoms with Gasteiger partial charge in [0.1, 0.15) is 6.04 Å². The number of rotatable bonds is 3. The van der Waals surface area contributed by atoms with Gasteiger partial charge >= 0.3 is 0 Å². The molecule has 84 valence electrons. The van der Waals surface area contributed by atoms with Crippen LogP contribution in [0.15, 0.2) is 36.9 Å². The topological polar surface area (TPSA) is 41.1 Å². The standard InChI is InChI=1S/C13H16N2O/c1-3-9(2)14-13(16)12-8-10-6-4-5-7-11(10)15-12/h3-7,9,12,15H,1,8H2,2H3,(H,14,16). The van der Waals surface area contributed by atoms with Gasteiger partial charge in [0.2, 0.25) is 5.91 Å². The highest BCUT2D eigenvalue weighted by Crippen LogP contribution is 2.25. The van der Waals surface area contributed by atoms with Crippen LogP contribution in [0, 0.1) is 0 Å². The summed E-state index contributed by atoms with van der Waals surface area (Å²) >= 11 is 0. The molecule has 2 N–H and O–H groups in total. The van der Waals surface area contributed by atoms with Crippen molar-refractivity contribution in [2.24, 2.45) is 0 Å². The van der Waals surface area contributed by atoms with Crippen LogP contribution in [0.25, 0.3) is 0 Å². The SMILES string of the molecule is C=CC(C)NC(=O)C1Cc2ccccc2N1. The number of para-hydroxylation sites is 1. The van der Waals surface area contributed by atoms with E-state index in [9.17, 15) is 4.79 Å². The summed E-state index contributed by atoms with van der Waals surface area (Å²) in [7, 11) is 0. The molecule has 0 bridgehead atoms. The van der Waals surface area contributed by atoms with Gasteiger partial charge in [-0.2, -0.15) is 0 Å². The first kappa shape index (κ1) is 10.7. The summed E-state index contributed by atoms with van der Waals surface area (Å²) < 4.78 is 0. The van der Waals surface area contributed by atoms with Crippen LogP contribution < -0.4 is 10.6 Å². The molecule has 0 fully saturated rings. The molecule has 1 aromatic rings. The first-order chi connectivity index (χ1) is 7.70. The Balaban J connectivity index is 2.01. The molecule has 16 heavy (non-hydrogen) atoms. The first-order valence-corrected chi connectivity index (χ1v) is 5.48. The Morgan fingerprint density at radius 2 is 2.38 bits per heavy atom. The molecule has 3 nitrogen and oxygen atoms in total. The van der Waals surface area contributed by atoms with Crippen molar-refractivity contribution in [3.63, 3.8) is 0 Å². The molecular weight excluding hydrogens is 200 g/mol. The summed E-state index contributed by atoms with van der Waals surface area (Å²) in [5, 5.41) is 6.10. The van der Waals surface area contributed by atoms with Crippen molar-refractivity contribution in [3.05, 3.63) is 42.5 Å². The maximum atomic E-state index is 11.9. The lowest BCUT2D eigenvalue weighted by Gasteiger charge is -2.14. The summed E-state index contributed by atoms with van der Waals surface area (Å²) in [4.78, 5) is 11.9. The fourth-order valence-electron chi connectivity index (χ4n) is 1.84. The van der Waals surface area contributed by atoms with Gasteiger partial charge in [0.15, 0.2) is 0 Å². The molecule has 1 aromatic carbocycles. The number of carbonyl (C=O) groups excluding carboxylic acids is 1. The van der Waals surface area contributed by atoms with Crippen LogP contribution in [0.2, 0.25) is 0 Å². The Morgan fingerprint density at radius 3 is 3.06 bits per heavy atom. The molecule has 3 heteroatoms. The van der Waals surface area contributed by atoms with Crippen molar-refractivity contribution < 1.29 is 4.79 Å². The van der Waals surface area contributed by atoms with Crippen LogP contribution in [0.1, 0.15) is 12.5 Å². The third kappa shape index (κ3) is 2.08. The minimum absolute atomic E-state index is 0.0120. The fraction of sp³-hybridized carbons (Fsp3) is 0.308. The van der Waals surface area contributed by atoms with Gasteiger partial charge in [0.25, 0.3) is 0 Å². The van der Waals surface area contributed by atoms with Crippen LogP contribution in [0.3, 0.4) is 0 Å². The van der Waals surface area contributed by atoms with Gasteiger partial charge in [-0.05, 0) is 18.6 Å². The van der Waals surface area contributed by atoms with Gasteiger partial charge in [0.05, 0.1) is 0 Å². The molecule has 1 amide bonds. The molecule has 1 heterocycles. The molecule has 2 unspecified atom stereocenters. The maximum absolute atomic E-state index is 11.9. The molecule has 0 aliphatic carbocycles. The van der Waals surface area contributed by atoms with E-state index < -0.39 is 0 Å². The van der Waals surface area contributed by atoms with Crippen molar-refractivity contribution in [2.45, 2.75) is 25.4 Å². The summed E-state index contributed by atoms with van der Waals surface area (Å²) in [6.45, 7) is 5.55. The Morgan fingerprint density at radius 1 is 1.62 bits per heavy atom. The summed E-state index contributed by atoms with van der Waals surface area (Å²) in [5.74, 6) is 0.0311. The summed E-state index contributed by atoms with van der Waals surface area (Å²) in [5.41, 5.74) is 2.27. The molecule has 2 atom stereocenters. The number of hydrogen-bond donors (Lipinski definition) is 2. The van der Waals surface area contributed by atoms with E-state index in [0.717, 1.165) is 12.1 Å². The van der Waals surface area contributed by atoms with Crippen molar-refractivity contribution in [3.8, 4) is 0 Å². The highest BCUT2D eigenvalue weighted by atomic mass is 16.2. The van der Waals surface area contributed by atoms with Crippen molar-refractivity contribution in [2.75, 3.05) is 5.32 Å². The number of nitrogens with one attached hydrogen (secondary N) is 2. The molecule has 1 aliphatic heterocycles. The third-order valence-electron chi connectivity index (χ3n) is 2.81. The number of benzene rings is 1.